The normalized spacial score (nSPS) is 17.4. The van der Waals surface area contributed by atoms with Gasteiger partial charge in [0.05, 0.1) is 4.91 Å². The number of hydrogen-bond donors (Lipinski definition) is 2. The van der Waals surface area contributed by atoms with Crippen molar-refractivity contribution in [1.29, 1.82) is 0 Å². The summed E-state index contributed by atoms with van der Waals surface area (Å²) in [5.74, 6) is -1.71. The standard InChI is InChI=1S/C21H25N2O4PS2/c1-13(2)11-19(28(25,26)27)23-20(24)18(30-21(23)29)12-14-9-10-17(22(3)4)16-8-6-5-7-15(14)16/h5-10,12-13,19H,11H2,1-4H3,(H2,25,26,27)/b18-12-. The molecule has 0 saturated carbocycles. The topological polar surface area (TPSA) is 81.1 Å². The van der Waals surface area contributed by atoms with E-state index >= 15 is 0 Å². The molecule has 0 aliphatic carbocycles. The van der Waals surface area contributed by atoms with Gasteiger partial charge in [-0.15, -0.1) is 0 Å². The maximum Gasteiger partial charge on any atom is 0.348 e. The Kier molecular flexibility index (Phi) is 6.75. The Balaban J connectivity index is 2.04. The Hall–Kier alpha value is -1.70. The lowest BCUT2D eigenvalue weighted by molar-refractivity contribution is -0.123. The first-order chi connectivity index (χ1) is 14.0. The van der Waals surface area contributed by atoms with E-state index in [0.29, 0.717) is 4.91 Å². The second-order valence-electron chi connectivity index (χ2n) is 7.86. The molecule has 1 aliphatic rings. The zero-order chi connectivity index (χ0) is 22.2. The second-order valence-corrected chi connectivity index (χ2v) is 11.3. The molecule has 3 rings (SSSR count). The Morgan fingerprint density at radius 3 is 2.37 bits per heavy atom. The van der Waals surface area contributed by atoms with Gasteiger partial charge in [-0.1, -0.05) is 68.2 Å². The molecule has 30 heavy (non-hydrogen) atoms. The lowest BCUT2D eigenvalue weighted by atomic mass is 10.0. The number of nitrogens with zero attached hydrogens (tertiary/aromatic N) is 2. The van der Waals surface area contributed by atoms with Crippen LogP contribution in [0.25, 0.3) is 16.8 Å². The number of carbonyl (C=O) groups excluding carboxylic acids is 1. The first-order valence-corrected chi connectivity index (χ1v) is 12.4. The number of fused-ring (bicyclic) bond motifs is 1. The van der Waals surface area contributed by atoms with Gasteiger partial charge in [-0.2, -0.15) is 0 Å². The van der Waals surface area contributed by atoms with Crippen molar-refractivity contribution in [3.63, 3.8) is 0 Å². The Labute approximate surface area is 186 Å². The van der Waals surface area contributed by atoms with Crippen LogP contribution in [0.15, 0.2) is 41.3 Å². The summed E-state index contributed by atoms with van der Waals surface area (Å²) in [6.07, 6.45) is 1.93. The molecule has 2 N–H and O–H groups in total. The molecule has 1 saturated heterocycles. The van der Waals surface area contributed by atoms with Crippen molar-refractivity contribution in [3.8, 4) is 0 Å². The van der Waals surface area contributed by atoms with Crippen LogP contribution in [0.4, 0.5) is 5.69 Å². The summed E-state index contributed by atoms with van der Waals surface area (Å²) < 4.78 is 12.3. The van der Waals surface area contributed by atoms with Gasteiger partial charge in [0.15, 0.2) is 0 Å². The van der Waals surface area contributed by atoms with Crippen molar-refractivity contribution in [2.75, 3.05) is 19.0 Å². The molecule has 1 aliphatic heterocycles. The molecule has 160 valence electrons. The van der Waals surface area contributed by atoms with Crippen LogP contribution >= 0.6 is 31.6 Å². The van der Waals surface area contributed by atoms with E-state index in [2.05, 4.69) is 0 Å². The average Bonchev–Trinajstić information content (AvgIpc) is 2.92. The number of anilines is 1. The number of thioether (sulfide) groups is 1. The molecule has 1 heterocycles. The van der Waals surface area contributed by atoms with Crippen molar-refractivity contribution in [2.24, 2.45) is 5.92 Å². The van der Waals surface area contributed by atoms with Gasteiger partial charge in [-0.25, -0.2) is 0 Å². The third kappa shape index (κ3) is 4.63. The minimum absolute atomic E-state index is 0.00113. The lowest BCUT2D eigenvalue weighted by Gasteiger charge is -2.28. The molecular formula is C21H25N2O4PS2. The van der Waals surface area contributed by atoms with E-state index in [1.54, 1.807) is 6.08 Å². The van der Waals surface area contributed by atoms with Crippen molar-refractivity contribution in [1.82, 2.24) is 4.90 Å². The van der Waals surface area contributed by atoms with Gasteiger partial charge >= 0.3 is 7.60 Å². The van der Waals surface area contributed by atoms with Gasteiger partial charge in [0.1, 0.15) is 10.1 Å². The van der Waals surface area contributed by atoms with Crippen LogP contribution in [0.1, 0.15) is 25.8 Å². The van der Waals surface area contributed by atoms with E-state index in [0.717, 1.165) is 38.7 Å². The summed E-state index contributed by atoms with van der Waals surface area (Å²) in [6.45, 7) is 3.71. The van der Waals surface area contributed by atoms with Gasteiger partial charge in [0, 0.05) is 25.2 Å². The maximum absolute atomic E-state index is 13.1. The largest absolute Gasteiger partial charge is 0.377 e. The third-order valence-corrected chi connectivity index (χ3v) is 7.44. The van der Waals surface area contributed by atoms with Crippen LogP contribution in [0.2, 0.25) is 0 Å². The van der Waals surface area contributed by atoms with Crippen molar-refractivity contribution < 1.29 is 19.1 Å². The zero-order valence-corrected chi connectivity index (χ0v) is 19.8. The van der Waals surface area contributed by atoms with E-state index in [9.17, 15) is 19.1 Å². The summed E-state index contributed by atoms with van der Waals surface area (Å²) in [5, 5.41) is 2.04. The molecule has 0 radical (unpaired) electrons. The molecule has 0 aromatic heterocycles. The molecule has 6 nitrogen and oxygen atoms in total. The van der Waals surface area contributed by atoms with E-state index in [-0.39, 0.29) is 16.7 Å². The SMILES string of the molecule is CC(C)CC(N1C(=O)/C(=C/c2ccc(N(C)C)c3ccccc23)SC1=S)P(=O)(O)O. The highest BCUT2D eigenvalue weighted by molar-refractivity contribution is 8.26. The average molecular weight is 465 g/mol. The number of hydrogen-bond acceptors (Lipinski definition) is 5. The third-order valence-electron chi connectivity index (χ3n) is 4.90. The Bertz CT molecular complexity index is 1080. The first-order valence-electron chi connectivity index (χ1n) is 9.52. The second kappa shape index (κ2) is 8.81. The van der Waals surface area contributed by atoms with Gasteiger partial charge in [-0.3, -0.25) is 14.3 Å². The van der Waals surface area contributed by atoms with Gasteiger partial charge in [-0.05, 0) is 35.4 Å². The summed E-state index contributed by atoms with van der Waals surface area (Å²) in [4.78, 5) is 36.3. The van der Waals surface area contributed by atoms with E-state index in [1.807, 2.05) is 69.2 Å². The van der Waals surface area contributed by atoms with Gasteiger partial charge in [0.2, 0.25) is 0 Å². The number of carbonyl (C=O) groups is 1. The predicted molar refractivity (Wildman–Crippen MR) is 129 cm³/mol. The fourth-order valence-corrected chi connectivity index (χ4v) is 6.24. The van der Waals surface area contributed by atoms with Gasteiger partial charge < -0.3 is 14.7 Å². The van der Waals surface area contributed by atoms with Gasteiger partial charge in [0.25, 0.3) is 5.91 Å². The van der Waals surface area contributed by atoms with E-state index in [4.69, 9.17) is 12.2 Å². The monoisotopic (exact) mass is 464 g/mol. The summed E-state index contributed by atoms with van der Waals surface area (Å²) in [6, 6.07) is 11.9. The minimum Gasteiger partial charge on any atom is -0.377 e. The maximum atomic E-state index is 13.1. The molecule has 1 fully saturated rings. The molecule has 2 aromatic carbocycles. The molecule has 1 unspecified atom stereocenters. The predicted octanol–water partition coefficient (Wildman–Crippen LogP) is 4.66. The van der Waals surface area contributed by atoms with Crippen LogP contribution in [0.5, 0.6) is 0 Å². The number of benzene rings is 2. The highest BCUT2D eigenvalue weighted by Gasteiger charge is 2.44. The quantitative estimate of drug-likeness (QED) is 0.366. The van der Waals surface area contributed by atoms with Crippen molar-refractivity contribution in [3.05, 3.63) is 46.9 Å². The molecule has 0 spiro atoms. The Morgan fingerprint density at radius 1 is 1.17 bits per heavy atom. The van der Waals surface area contributed by atoms with Crippen LogP contribution in [0.3, 0.4) is 0 Å². The van der Waals surface area contributed by atoms with E-state index in [1.165, 1.54) is 0 Å². The van der Waals surface area contributed by atoms with Crippen LogP contribution < -0.4 is 4.90 Å². The zero-order valence-electron chi connectivity index (χ0n) is 17.3. The fourth-order valence-electron chi connectivity index (χ4n) is 3.52. The number of amides is 1. The summed E-state index contributed by atoms with van der Waals surface area (Å²) >= 11 is 6.42. The molecule has 2 aromatic rings. The van der Waals surface area contributed by atoms with Crippen molar-refractivity contribution >= 4 is 64.3 Å². The van der Waals surface area contributed by atoms with Crippen molar-refractivity contribution in [2.45, 2.75) is 26.1 Å². The van der Waals surface area contributed by atoms with E-state index < -0.39 is 19.3 Å². The smallest absolute Gasteiger partial charge is 0.348 e. The molecule has 1 atom stereocenters. The minimum atomic E-state index is -4.55. The highest BCUT2D eigenvalue weighted by atomic mass is 32.2. The molecule has 9 heteroatoms. The molecule has 1 amide bonds. The Morgan fingerprint density at radius 2 is 1.80 bits per heavy atom. The fraction of sp³-hybridized carbons (Fsp3) is 0.333. The first kappa shape index (κ1) is 23.0. The molecular weight excluding hydrogens is 439 g/mol. The lowest BCUT2D eigenvalue weighted by Crippen LogP contribution is -2.39. The number of thiocarbonyl (C=S) groups is 1. The molecule has 0 bridgehead atoms. The van der Waals surface area contributed by atoms with Crippen LogP contribution in [0, 0.1) is 5.92 Å². The highest BCUT2D eigenvalue weighted by Crippen LogP contribution is 2.50. The number of rotatable bonds is 6. The summed E-state index contributed by atoms with van der Waals surface area (Å²) in [7, 11) is -0.596. The summed E-state index contributed by atoms with van der Waals surface area (Å²) in [5.41, 5.74) is 1.92. The van der Waals surface area contributed by atoms with Crippen LogP contribution in [-0.4, -0.2) is 44.8 Å². The van der Waals surface area contributed by atoms with Crippen LogP contribution in [-0.2, 0) is 9.36 Å².